The van der Waals surface area contributed by atoms with Crippen molar-refractivity contribution in [2.24, 2.45) is 5.41 Å². The summed E-state index contributed by atoms with van der Waals surface area (Å²) in [5, 5.41) is 3.64. The Labute approximate surface area is 82.3 Å². The Balaban J connectivity index is 1.69. The summed E-state index contributed by atoms with van der Waals surface area (Å²) in [5.41, 5.74) is 0.809. The number of nitrogens with one attached hydrogen (secondary N) is 1. The fraction of sp³-hybridized carbons (Fsp3) is 1.00. The summed E-state index contributed by atoms with van der Waals surface area (Å²) in [5.74, 6) is 0. The van der Waals surface area contributed by atoms with Gasteiger partial charge in [-0.1, -0.05) is 26.2 Å². The van der Waals surface area contributed by atoms with Crippen molar-refractivity contribution in [2.45, 2.75) is 64.3 Å². The van der Waals surface area contributed by atoms with Crippen molar-refractivity contribution in [3.8, 4) is 0 Å². The lowest BCUT2D eigenvalue weighted by Crippen LogP contribution is -2.49. The summed E-state index contributed by atoms with van der Waals surface area (Å²) in [6, 6.07) is 0.873. The first-order valence-corrected chi connectivity index (χ1v) is 6.08. The van der Waals surface area contributed by atoms with E-state index in [0.717, 1.165) is 11.5 Å². The van der Waals surface area contributed by atoms with E-state index in [1.807, 2.05) is 0 Å². The molecule has 1 heteroatoms. The summed E-state index contributed by atoms with van der Waals surface area (Å²) in [6.07, 6.45) is 11.8. The third kappa shape index (κ3) is 2.07. The molecular weight excluding hydrogens is 158 g/mol. The normalized spacial score (nSPS) is 27.5. The fourth-order valence-corrected chi connectivity index (χ4v) is 3.19. The van der Waals surface area contributed by atoms with Gasteiger partial charge in [-0.3, -0.25) is 0 Å². The first-order valence-electron chi connectivity index (χ1n) is 6.08. The Kier molecular flexibility index (Phi) is 2.92. The maximum Gasteiger partial charge on any atom is 0.00776 e. The molecule has 76 valence electrons. The first-order chi connectivity index (χ1) is 6.35. The summed E-state index contributed by atoms with van der Waals surface area (Å²) >= 11 is 0. The number of hydrogen-bond acceptors (Lipinski definition) is 1. The minimum absolute atomic E-state index is 0.809. The van der Waals surface area contributed by atoms with Gasteiger partial charge in [0.05, 0.1) is 0 Å². The second kappa shape index (κ2) is 4.00. The molecule has 0 aromatic carbocycles. The van der Waals surface area contributed by atoms with E-state index >= 15 is 0 Å². The minimum atomic E-state index is 0.809. The molecular formula is C12H23N. The van der Waals surface area contributed by atoms with E-state index in [1.165, 1.54) is 57.9 Å². The molecule has 2 saturated carbocycles. The van der Waals surface area contributed by atoms with Crippen molar-refractivity contribution in [1.82, 2.24) is 5.32 Å². The van der Waals surface area contributed by atoms with Crippen molar-refractivity contribution < 1.29 is 0 Å². The molecule has 13 heavy (non-hydrogen) atoms. The summed E-state index contributed by atoms with van der Waals surface area (Å²) in [7, 11) is 0. The Bertz CT molecular complexity index is 151. The van der Waals surface area contributed by atoms with Crippen LogP contribution in [0.3, 0.4) is 0 Å². The van der Waals surface area contributed by atoms with Crippen LogP contribution in [0.15, 0.2) is 0 Å². The van der Waals surface area contributed by atoms with Crippen LogP contribution in [-0.2, 0) is 0 Å². The largest absolute Gasteiger partial charge is 0.314 e. The summed E-state index contributed by atoms with van der Waals surface area (Å²) in [6.45, 7) is 3.47. The Morgan fingerprint density at radius 1 is 1.15 bits per heavy atom. The molecule has 1 nitrogen and oxygen atoms in total. The quantitative estimate of drug-likeness (QED) is 0.705. The van der Waals surface area contributed by atoms with Crippen molar-refractivity contribution in [1.29, 1.82) is 0 Å². The average Bonchev–Trinajstić information content (AvgIpc) is 2.13. The zero-order valence-electron chi connectivity index (χ0n) is 8.94. The Morgan fingerprint density at radius 2 is 1.85 bits per heavy atom. The lowest BCUT2D eigenvalue weighted by Gasteiger charge is -2.50. The van der Waals surface area contributed by atoms with Crippen LogP contribution in [-0.4, -0.2) is 12.6 Å². The van der Waals surface area contributed by atoms with E-state index in [9.17, 15) is 0 Å². The van der Waals surface area contributed by atoms with E-state index in [1.54, 1.807) is 0 Å². The lowest BCUT2D eigenvalue weighted by atomic mass is 9.58. The molecule has 1 N–H and O–H groups in total. The fourth-order valence-electron chi connectivity index (χ4n) is 3.19. The van der Waals surface area contributed by atoms with E-state index < -0.39 is 0 Å². The summed E-state index contributed by atoms with van der Waals surface area (Å²) < 4.78 is 0. The third-order valence-corrected chi connectivity index (χ3v) is 3.96. The minimum Gasteiger partial charge on any atom is -0.314 e. The molecule has 0 saturated heterocycles. The molecule has 0 heterocycles. The van der Waals surface area contributed by atoms with E-state index in [2.05, 4.69) is 12.2 Å². The topological polar surface area (TPSA) is 12.0 Å². The van der Waals surface area contributed by atoms with Crippen LogP contribution in [0.25, 0.3) is 0 Å². The summed E-state index contributed by atoms with van der Waals surface area (Å²) in [4.78, 5) is 0. The molecule has 0 aromatic heterocycles. The highest BCUT2D eigenvalue weighted by molar-refractivity contribution is 4.98. The molecule has 0 aromatic rings. The predicted octanol–water partition coefficient (Wildman–Crippen LogP) is 3.10. The molecule has 2 aliphatic carbocycles. The Morgan fingerprint density at radius 3 is 2.46 bits per heavy atom. The molecule has 2 aliphatic rings. The van der Waals surface area contributed by atoms with Gasteiger partial charge in [0.15, 0.2) is 0 Å². The highest BCUT2D eigenvalue weighted by atomic mass is 14.9. The standard InChI is InChI=1S/C12H23N/c1-2-8-13-11-9-12(10-11)6-4-3-5-7-12/h11,13H,2-10H2,1H3. The smallest absolute Gasteiger partial charge is 0.00776 e. The lowest BCUT2D eigenvalue weighted by molar-refractivity contribution is 0.0389. The van der Waals surface area contributed by atoms with Gasteiger partial charge in [0.25, 0.3) is 0 Å². The average molecular weight is 181 g/mol. The van der Waals surface area contributed by atoms with Crippen molar-refractivity contribution >= 4 is 0 Å². The molecule has 2 rings (SSSR count). The maximum absolute atomic E-state index is 3.64. The van der Waals surface area contributed by atoms with Crippen LogP contribution < -0.4 is 5.32 Å². The third-order valence-electron chi connectivity index (χ3n) is 3.96. The molecule has 0 bridgehead atoms. The molecule has 0 atom stereocenters. The maximum atomic E-state index is 3.64. The van der Waals surface area contributed by atoms with Gasteiger partial charge in [-0.25, -0.2) is 0 Å². The van der Waals surface area contributed by atoms with Gasteiger partial charge in [-0.05, 0) is 44.1 Å². The molecule has 0 radical (unpaired) electrons. The van der Waals surface area contributed by atoms with Crippen LogP contribution in [0, 0.1) is 5.41 Å². The molecule has 2 fully saturated rings. The SMILES string of the molecule is CCCNC1CC2(CCCCC2)C1. The van der Waals surface area contributed by atoms with Crippen LogP contribution in [0.1, 0.15) is 58.3 Å². The van der Waals surface area contributed by atoms with Gasteiger partial charge in [-0.15, -0.1) is 0 Å². The first kappa shape index (κ1) is 9.51. The van der Waals surface area contributed by atoms with Crippen molar-refractivity contribution in [3.63, 3.8) is 0 Å². The van der Waals surface area contributed by atoms with Crippen LogP contribution >= 0.6 is 0 Å². The zero-order chi connectivity index (χ0) is 9.15. The van der Waals surface area contributed by atoms with Crippen LogP contribution in [0.5, 0.6) is 0 Å². The van der Waals surface area contributed by atoms with Crippen molar-refractivity contribution in [2.75, 3.05) is 6.54 Å². The van der Waals surface area contributed by atoms with Crippen LogP contribution in [0.4, 0.5) is 0 Å². The second-order valence-corrected chi connectivity index (χ2v) is 5.12. The number of hydrogen-bond donors (Lipinski definition) is 1. The highest BCUT2D eigenvalue weighted by Gasteiger charge is 2.43. The van der Waals surface area contributed by atoms with E-state index in [-0.39, 0.29) is 0 Å². The molecule has 0 unspecified atom stereocenters. The molecule has 0 aliphatic heterocycles. The van der Waals surface area contributed by atoms with E-state index in [0.29, 0.717) is 0 Å². The van der Waals surface area contributed by atoms with Gasteiger partial charge in [0, 0.05) is 6.04 Å². The van der Waals surface area contributed by atoms with Crippen LogP contribution in [0.2, 0.25) is 0 Å². The monoisotopic (exact) mass is 181 g/mol. The van der Waals surface area contributed by atoms with Crippen molar-refractivity contribution in [3.05, 3.63) is 0 Å². The molecule has 1 spiro atoms. The predicted molar refractivity (Wildman–Crippen MR) is 56.8 cm³/mol. The van der Waals surface area contributed by atoms with Gasteiger partial charge < -0.3 is 5.32 Å². The highest BCUT2D eigenvalue weighted by Crippen LogP contribution is 2.51. The zero-order valence-corrected chi connectivity index (χ0v) is 8.94. The van der Waals surface area contributed by atoms with Gasteiger partial charge >= 0.3 is 0 Å². The van der Waals surface area contributed by atoms with Gasteiger partial charge in [0.1, 0.15) is 0 Å². The van der Waals surface area contributed by atoms with Gasteiger partial charge in [0.2, 0.25) is 0 Å². The van der Waals surface area contributed by atoms with E-state index in [4.69, 9.17) is 0 Å². The number of rotatable bonds is 3. The second-order valence-electron chi connectivity index (χ2n) is 5.12. The Hall–Kier alpha value is -0.0400. The molecule has 0 amide bonds. The van der Waals surface area contributed by atoms with Gasteiger partial charge in [-0.2, -0.15) is 0 Å².